The highest BCUT2D eigenvalue weighted by Gasteiger charge is 2.75. The third-order valence-corrected chi connectivity index (χ3v) is 4.95. The summed E-state index contributed by atoms with van der Waals surface area (Å²) >= 11 is 0. The highest BCUT2D eigenvalue weighted by molar-refractivity contribution is 5.17. The van der Waals surface area contributed by atoms with Crippen LogP contribution in [0.1, 0.15) is 32.1 Å². The smallest absolute Gasteiger partial charge is 0.256 e. The van der Waals surface area contributed by atoms with Crippen molar-refractivity contribution < 1.29 is 8.78 Å². The summed E-state index contributed by atoms with van der Waals surface area (Å²) in [6, 6.07) is 0. The van der Waals surface area contributed by atoms with E-state index in [1.807, 2.05) is 0 Å². The van der Waals surface area contributed by atoms with Gasteiger partial charge in [0.2, 0.25) is 0 Å². The van der Waals surface area contributed by atoms with Crippen molar-refractivity contribution in [1.82, 2.24) is 0 Å². The lowest BCUT2D eigenvalue weighted by atomic mass is 9.76. The molecular formula is C11H17F2N. The van der Waals surface area contributed by atoms with Crippen molar-refractivity contribution in [3.05, 3.63) is 0 Å². The second kappa shape index (κ2) is 2.49. The van der Waals surface area contributed by atoms with Gasteiger partial charge < -0.3 is 5.73 Å². The fourth-order valence-electron chi connectivity index (χ4n) is 4.05. The largest absolute Gasteiger partial charge is 0.330 e. The van der Waals surface area contributed by atoms with E-state index in [0.29, 0.717) is 5.92 Å². The first kappa shape index (κ1) is 9.08. The zero-order valence-corrected chi connectivity index (χ0v) is 8.31. The summed E-state index contributed by atoms with van der Waals surface area (Å²) in [5, 5.41) is 0. The number of hydrogen-bond acceptors (Lipinski definition) is 1. The molecule has 2 N–H and O–H groups in total. The van der Waals surface area contributed by atoms with E-state index in [4.69, 9.17) is 5.73 Å². The van der Waals surface area contributed by atoms with Gasteiger partial charge in [0.1, 0.15) is 0 Å². The molecule has 1 nitrogen and oxygen atoms in total. The van der Waals surface area contributed by atoms with Gasteiger partial charge in [-0.25, -0.2) is 8.78 Å². The van der Waals surface area contributed by atoms with Crippen LogP contribution in [-0.2, 0) is 0 Å². The predicted molar refractivity (Wildman–Crippen MR) is 50.0 cm³/mol. The Balaban J connectivity index is 1.83. The Morgan fingerprint density at radius 3 is 2.29 bits per heavy atom. The minimum absolute atomic E-state index is 0.0599. The van der Waals surface area contributed by atoms with Crippen LogP contribution < -0.4 is 5.73 Å². The molecule has 0 aromatic rings. The van der Waals surface area contributed by atoms with Crippen molar-refractivity contribution in [3.63, 3.8) is 0 Å². The molecule has 0 aromatic carbocycles. The van der Waals surface area contributed by atoms with Gasteiger partial charge >= 0.3 is 0 Å². The number of fused-ring (bicyclic) bond motifs is 2. The molecule has 0 amide bonds. The van der Waals surface area contributed by atoms with Crippen LogP contribution in [0.5, 0.6) is 0 Å². The molecule has 3 rings (SSSR count). The lowest BCUT2D eigenvalue weighted by Crippen LogP contribution is -2.33. The summed E-state index contributed by atoms with van der Waals surface area (Å²) in [5.41, 5.74) is 4.79. The molecule has 3 saturated carbocycles. The van der Waals surface area contributed by atoms with Gasteiger partial charge in [-0.1, -0.05) is 6.42 Å². The maximum Gasteiger partial charge on any atom is 0.256 e. The summed E-state index contributed by atoms with van der Waals surface area (Å²) in [5.74, 6) is -0.903. The van der Waals surface area contributed by atoms with Gasteiger partial charge in [0, 0.05) is 13.0 Å². The Bertz CT molecular complexity index is 266. The fourth-order valence-corrected chi connectivity index (χ4v) is 4.05. The van der Waals surface area contributed by atoms with Crippen molar-refractivity contribution in [2.24, 2.45) is 28.9 Å². The first-order chi connectivity index (χ1) is 6.59. The molecule has 3 aliphatic rings. The van der Waals surface area contributed by atoms with Gasteiger partial charge in [0.05, 0.1) is 5.41 Å². The molecule has 80 valence electrons. The molecule has 4 atom stereocenters. The Labute approximate surface area is 83.0 Å². The number of alkyl halides is 2. The number of hydrogen-bond donors (Lipinski definition) is 1. The average molecular weight is 201 g/mol. The summed E-state index contributed by atoms with van der Waals surface area (Å²) in [6.07, 6.45) is 4.73. The Morgan fingerprint density at radius 1 is 1.21 bits per heavy atom. The highest BCUT2D eigenvalue weighted by Crippen LogP contribution is 2.70. The second-order valence-electron chi connectivity index (χ2n) is 5.52. The van der Waals surface area contributed by atoms with E-state index in [1.165, 1.54) is 19.3 Å². The maximum atomic E-state index is 13.3. The van der Waals surface area contributed by atoms with Gasteiger partial charge in [-0.3, -0.25) is 0 Å². The zero-order valence-electron chi connectivity index (χ0n) is 8.31. The van der Waals surface area contributed by atoms with Crippen LogP contribution in [0.3, 0.4) is 0 Å². The summed E-state index contributed by atoms with van der Waals surface area (Å²) in [7, 11) is 0. The van der Waals surface area contributed by atoms with Crippen molar-refractivity contribution >= 4 is 0 Å². The standard InChI is InChI=1S/C11H17F2N/c12-11(13)5-10(11,6-14)9-4-7-1-2-8(9)3-7/h7-9H,1-6,14H2. The fraction of sp³-hybridized carbons (Fsp3) is 1.00. The van der Waals surface area contributed by atoms with Gasteiger partial charge in [0.25, 0.3) is 5.92 Å². The maximum absolute atomic E-state index is 13.3. The van der Waals surface area contributed by atoms with Crippen LogP contribution >= 0.6 is 0 Å². The predicted octanol–water partition coefficient (Wildman–Crippen LogP) is 2.41. The van der Waals surface area contributed by atoms with Crippen molar-refractivity contribution in [2.45, 2.75) is 38.0 Å². The highest BCUT2D eigenvalue weighted by atomic mass is 19.3. The van der Waals surface area contributed by atoms with Crippen LogP contribution in [0.4, 0.5) is 8.78 Å². The van der Waals surface area contributed by atoms with Crippen molar-refractivity contribution in [1.29, 1.82) is 0 Å². The second-order valence-corrected chi connectivity index (χ2v) is 5.52. The molecule has 0 heterocycles. The third-order valence-electron chi connectivity index (χ3n) is 4.95. The van der Waals surface area contributed by atoms with Crippen LogP contribution in [0.15, 0.2) is 0 Å². The Hall–Kier alpha value is -0.180. The Morgan fingerprint density at radius 2 is 1.93 bits per heavy atom. The molecule has 0 aliphatic heterocycles. The summed E-state index contributed by atoms with van der Waals surface area (Å²) in [4.78, 5) is 0. The summed E-state index contributed by atoms with van der Waals surface area (Å²) < 4.78 is 26.7. The van der Waals surface area contributed by atoms with E-state index >= 15 is 0 Å². The minimum Gasteiger partial charge on any atom is -0.330 e. The topological polar surface area (TPSA) is 26.0 Å². The molecule has 0 saturated heterocycles. The lowest BCUT2D eigenvalue weighted by molar-refractivity contribution is 0.0272. The normalized spacial score (nSPS) is 53.8. The van der Waals surface area contributed by atoms with Crippen molar-refractivity contribution in [2.75, 3.05) is 6.54 Å². The summed E-state index contributed by atoms with van der Waals surface area (Å²) in [6.45, 7) is 0.188. The van der Waals surface area contributed by atoms with E-state index in [2.05, 4.69) is 0 Å². The molecule has 2 bridgehead atoms. The van der Waals surface area contributed by atoms with E-state index in [0.717, 1.165) is 12.3 Å². The first-order valence-corrected chi connectivity index (χ1v) is 5.67. The van der Waals surface area contributed by atoms with E-state index < -0.39 is 11.3 Å². The van der Waals surface area contributed by atoms with Gasteiger partial charge in [-0.15, -0.1) is 0 Å². The van der Waals surface area contributed by atoms with E-state index in [1.54, 1.807) is 0 Å². The van der Waals surface area contributed by atoms with Gasteiger partial charge in [0.15, 0.2) is 0 Å². The minimum atomic E-state index is -2.45. The lowest BCUT2D eigenvalue weighted by Gasteiger charge is -2.29. The quantitative estimate of drug-likeness (QED) is 0.729. The van der Waals surface area contributed by atoms with Crippen LogP contribution in [0, 0.1) is 23.2 Å². The molecule has 0 radical (unpaired) electrons. The molecule has 0 spiro atoms. The average Bonchev–Trinajstić information content (AvgIpc) is 2.62. The van der Waals surface area contributed by atoms with Crippen molar-refractivity contribution in [3.8, 4) is 0 Å². The molecule has 14 heavy (non-hydrogen) atoms. The third kappa shape index (κ3) is 0.918. The molecule has 3 heteroatoms. The molecule has 3 aliphatic carbocycles. The monoisotopic (exact) mass is 201 g/mol. The number of nitrogens with two attached hydrogens (primary N) is 1. The van der Waals surface area contributed by atoms with E-state index in [-0.39, 0.29) is 18.9 Å². The van der Waals surface area contributed by atoms with Gasteiger partial charge in [-0.2, -0.15) is 0 Å². The zero-order chi connectivity index (χ0) is 9.97. The Kier molecular flexibility index (Phi) is 1.61. The van der Waals surface area contributed by atoms with Gasteiger partial charge in [-0.05, 0) is 37.0 Å². The molecule has 3 fully saturated rings. The number of rotatable bonds is 2. The first-order valence-electron chi connectivity index (χ1n) is 5.67. The van der Waals surface area contributed by atoms with Crippen LogP contribution in [-0.4, -0.2) is 12.5 Å². The molecular weight excluding hydrogens is 184 g/mol. The molecule has 4 unspecified atom stereocenters. The van der Waals surface area contributed by atoms with Crippen LogP contribution in [0.2, 0.25) is 0 Å². The van der Waals surface area contributed by atoms with E-state index in [9.17, 15) is 8.78 Å². The SMILES string of the molecule is NCC1(C2CC3CCC2C3)CC1(F)F. The molecule has 0 aromatic heterocycles. The number of halogens is 2. The van der Waals surface area contributed by atoms with Crippen LogP contribution in [0.25, 0.3) is 0 Å².